The molecule has 1 aliphatic rings. The molecule has 0 spiro atoms. The van der Waals surface area contributed by atoms with Crippen molar-refractivity contribution in [2.45, 2.75) is 25.9 Å². The summed E-state index contributed by atoms with van der Waals surface area (Å²) in [5, 5.41) is 7.04. The molecule has 2 atom stereocenters. The number of hydrogen-bond acceptors (Lipinski definition) is 2. The van der Waals surface area contributed by atoms with Gasteiger partial charge in [-0.1, -0.05) is 21.4 Å². The van der Waals surface area contributed by atoms with Crippen LogP contribution in [0.4, 0.5) is 0 Å². The van der Waals surface area contributed by atoms with Gasteiger partial charge in [0.2, 0.25) is 0 Å². The first-order valence-electron chi connectivity index (χ1n) is 3.48. The minimum Gasteiger partial charge on any atom is -0.0855 e. The van der Waals surface area contributed by atoms with E-state index in [-0.39, 0.29) is 12.1 Å². The van der Waals surface area contributed by atoms with Crippen molar-refractivity contribution in [1.29, 1.82) is 0 Å². The van der Waals surface area contributed by atoms with Crippen molar-refractivity contribution in [1.82, 2.24) is 0 Å². The van der Waals surface area contributed by atoms with Crippen molar-refractivity contribution in [2.75, 3.05) is 0 Å². The van der Waals surface area contributed by atoms with Gasteiger partial charge in [0.15, 0.2) is 0 Å². The Labute approximate surface area is 69.1 Å². The molecule has 0 fully saturated rings. The van der Waals surface area contributed by atoms with E-state index in [1.165, 1.54) is 0 Å². The lowest BCUT2D eigenvalue weighted by molar-refractivity contribution is 0.560. The second-order valence-corrected chi connectivity index (χ2v) is 2.67. The summed E-state index contributed by atoms with van der Waals surface area (Å²) in [6.45, 7) is 3.75. The minimum atomic E-state index is -0.272. The maximum atomic E-state index is 8.19. The third-order valence-corrected chi connectivity index (χ3v) is 2.16. The molecule has 0 aromatic rings. The van der Waals surface area contributed by atoms with Gasteiger partial charge in [-0.15, -0.1) is 0 Å². The molecule has 1 rings (SSSR count). The van der Waals surface area contributed by atoms with Crippen molar-refractivity contribution in [2.24, 2.45) is 10.2 Å². The van der Waals surface area contributed by atoms with E-state index >= 15 is 0 Å². The van der Waals surface area contributed by atoms with E-state index < -0.39 is 0 Å². The van der Waals surface area contributed by atoms with E-state index in [1.807, 2.05) is 13.8 Å². The van der Waals surface area contributed by atoms with Crippen molar-refractivity contribution < 1.29 is 0 Å². The average Bonchev–Trinajstić information content (AvgIpc) is 2.10. The van der Waals surface area contributed by atoms with Gasteiger partial charge in [-0.3, -0.25) is 0 Å². The minimum absolute atomic E-state index is 0.272. The molecule has 0 heterocycles. The first-order valence-corrected chi connectivity index (χ1v) is 3.48. The summed E-state index contributed by atoms with van der Waals surface area (Å²) in [5.74, 6) is 0. The quantitative estimate of drug-likeness (QED) is 0.259. The molecule has 1 aliphatic carbocycles. The van der Waals surface area contributed by atoms with Crippen LogP contribution in [0.25, 0.3) is 20.9 Å². The number of hydrogen-bond donors (Lipinski definition) is 0. The molecule has 0 saturated heterocycles. The normalized spacial score (nSPS) is 26.8. The number of rotatable bonds is 2. The zero-order valence-corrected chi connectivity index (χ0v) is 6.84. The maximum Gasteiger partial charge on any atom is 0.0706 e. The Hall–Kier alpha value is -1.64. The Balaban J connectivity index is 2.92. The maximum absolute atomic E-state index is 8.19. The highest BCUT2D eigenvalue weighted by Crippen LogP contribution is 2.33. The van der Waals surface area contributed by atoms with Gasteiger partial charge in [-0.25, -0.2) is 0 Å². The summed E-state index contributed by atoms with van der Waals surface area (Å²) in [6.07, 6.45) is 0. The predicted molar refractivity (Wildman–Crippen MR) is 44.2 cm³/mol. The summed E-state index contributed by atoms with van der Waals surface area (Å²) < 4.78 is 0. The topological polar surface area (TPSA) is 97.5 Å². The van der Waals surface area contributed by atoms with Crippen LogP contribution in [-0.4, -0.2) is 12.1 Å². The molecule has 6 nitrogen and oxygen atoms in total. The highest BCUT2D eigenvalue weighted by Gasteiger charge is 2.33. The van der Waals surface area contributed by atoms with Crippen molar-refractivity contribution in [3.8, 4) is 0 Å². The zero-order valence-electron chi connectivity index (χ0n) is 6.84. The lowest BCUT2D eigenvalue weighted by atomic mass is 9.81. The van der Waals surface area contributed by atoms with Gasteiger partial charge in [0.1, 0.15) is 0 Å². The Kier molecular flexibility index (Phi) is 2.24. The Bertz CT molecular complexity index is 285. The van der Waals surface area contributed by atoms with Gasteiger partial charge in [0.05, 0.1) is 12.1 Å². The molecular weight excluding hydrogens is 156 g/mol. The molecule has 12 heavy (non-hydrogen) atoms. The van der Waals surface area contributed by atoms with E-state index in [0.29, 0.717) is 0 Å². The highest BCUT2D eigenvalue weighted by atomic mass is 15.2. The lowest BCUT2D eigenvalue weighted by Gasteiger charge is -2.32. The van der Waals surface area contributed by atoms with E-state index in [9.17, 15) is 0 Å². The van der Waals surface area contributed by atoms with E-state index in [4.69, 9.17) is 11.1 Å². The second kappa shape index (κ2) is 3.17. The molecule has 0 aromatic carbocycles. The van der Waals surface area contributed by atoms with Crippen LogP contribution in [0.15, 0.2) is 21.4 Å². The first kappa shape index (κ1) is 8.46. The number of nitrogens with zero attached hydrogens (tertiary/aromatic N) is 6. The molecule has 0 aliphatic heterocycles. The molecule has 0 radical (unpaired) electrons. The second-order valence-electron chi connectivity index (χ2n) is 2.67. The standard InChI is InChI=1S/C6H8N6/c1-3-4(2)6(10-12-8)5(3)9-11-7/h5-6H,1-2H3. The Morgan fingerprint density at radius 1 is 1.00 bits per heavy atom. The SMILES string of the molecule is CC1=C(C)C(N=[N+]=[N-])C1N=[N+]=[N-]. The van der Waals surface area contributed by atoms with Gasteiger partial charge >= 0.3 is 0 Å². The molecule has 2 unspecified atom stereocenters. The van der Waals surface area contributed by atoms with E-state index in [2.05, 4.69) is 20.1 Å². The van der Waals surface area contributed by atoms with E-state index in [1.54, 1.807) is 0 Å². The Morgan fingerprint density at radius 3 is 1.58 bits per heavy atom. The molecule has 0 N–H and O–H groups in total. The van der Waals surface area contributed by atoms with Crippen LogP contribution in [0.1, 0.15) is 13.8 Å². The van der Waals surface area contributed by atoms with Crippen LogP contribution in [0.2, 0.25) is 0 Å². The first-order chi connectivity index (χ1) is 5.72. The van der Waals surface area contributed by atoms with Gasteiger partial charge in [-0.2, -0.15) is 0 Å². The third-order valence-electron chi connectivity index (χ3n) is 2.16. The van der Waals surface area contributed by atoms with Crippen molar-refractivity contribution in [3.63, 3.8) is 0 Å². The van der Waals surface area contributed by atoms with Crippen LogP contribution < -0.4 is 0 Å². The van der Waals surface area contributed by atoms with Crippen molar-refractivity contribution >= 4 is 0 Å². The smallest absolute Gasteiger partial charge is 0.0706 e. The van der Waals surface area contributed by atoms with Crippen LogP contribution in [0.5, 0.6) is 0 Å². The van der Waals surface area contributed by atoms with Gasteiger partial charge in [-0.05, 0) is 24.9 Å². The molecule has 0 saturated carbocycles. The van der Waals surface area contributed by atoms with Crippen LogP contribution in [0, 0.1) is 0 Å². The predicted octanol–water partition coefficient (Wildman–Crippen LogP) is 2.69. The summed E-state index contributed by atoms with van der Waals surface area (Å²) >= 11 is 0. The highest BCUT2D eigenvalue weighted by molar-refractivity contribution is 5.37. The van der Waals surface area contributed by atoms with Gasteiger partial charge in [0.25, 0.3) is 0 Å². The van der Waals surface area contributed by atoms with Gasteiger partial charge in [0, 0.05) is 9.82 Å². The molecule has 0 aromatic heterocycles. The summed E-state index contributed by atoms with van der Waals surface area (Å²) in [6, 6.07) is -0.545. The van der Waals surface area contributed by atoms with E-state index in [0.717, 1.165) is 11.1 Å². The van der Waals surface area contributed by atoms with Crippen molar-refractivity contribution in [3.05, 3.63) is 32.0 Å². The fourth-order valence-electron chi connectivity index (χ4n) is 1.25. The fraction of sp³-hybridized carbons (Fsp3) is 0.667. The molecule has 0 amide bonds. The molecule has 0 bridgehead atoms. The largest absolute Gasteiger partial charge is 0.0855 e. The zero-order chi connectivity index (χ0) is 9.14. The monoisotopic (exact) mass is 164 g/mol. The summed E-state index contributed by atoms with van der Waals surface area (Å²) in [5.41, 5.74) is 18.4. The summed E-state index contributed by atoms with van der Waals surface area (Å²) in [4.78, 5) is 5.37. The fourth-order valence-corrected chi connectivity index (χ4v) is 1.25. The Morgan fingerprint density at radius 2 is 1.33 bits per heavy atom. The third kappa shape index (κ3) is 1.09. The number of azide groups is 2. The van der Waals surface area contributed by atoms with Crippen LogP contribution >= 0.6 is 0 Å². The lowest BCUT2D eigenvalue weighted by Crippen LogP contribution is -2.35. The van der Waals surface area contributed by atoms with Crippen LogP contribution in [-0.2, 0) is 0 Å². The molecule has 62 valence electrons. The van der Waals surface area contributed by atoms with Crippen LogP contribution in [0.3, 0.4) is 0 Å². The molecule has 6 heteroatoms. The van der Waals surface area contributed by atoms with Gasteiger partial charge < -0.3 is 0 Å². The average molecular weight is 164 g/mol. The summed E-state index contributed by atoms with van der Waals surface area (Å²) in [7, 11) is 0. The molecular formula is C6H8N6.